The van der Waals surface area contributed by atoms with Crippen LogP contribution in [0, 0.1) is 13.8 Å². The lowest BCUT2D eigenvalue weighted by Crippen LogP contribution is -2.53. The van der Waals surface area contributed by atoms with Gasteiger partial charge in [-0.05, 0) is 43.2 Å². The van der Waals surface area contributed by atoms with Gasteiger partial charge in [-0.15, -0.1) is 11.3 Å². The van der Waals surface area contributed by atoms with E-state index in [-0.39, 0.29) is 25.1 Å². The van der Waals surface area contributed by atoms with Crippen molar-refractivity contribution in [2.24, 2.45) is 0 Å². The van der Waals surface area contributed by atoms with Crippen LogP contribution in [0.5, 0.6) is 11.5 Å². The number of hydrogen-bond acceptors (Lipinski definition) is 8. The first-order valence-electron chi connectivity index (χ1n) is 11.6. The lowest BCUT2D eigenvalue weighted by atomic mass is 10.1. The standard InChI is InChI=1S/C26H30N4O5S/c1-6-29-21(18-11-12-22(33-4)23(13-18)34-5)15-35-26(32)30(29)14-19-9-7-8-10-20(19)28-25(31)24-16(2)27-17(3)36-24/h7-13,21H,6,14-15H2,1-5H3,(H,28,31). The van der Waals surface area contributed by atoms with Crippen LogP contribution in [0.15, 0.2) is 42.5 Å². The quantitative estimate of drug-likeness (QED) is 0.458. The van der Waals surface area contributed by atoms with Gasteiger partial charge in [0, 0.05) is 12.2 Å². The largest absolute Gasteiger partial charge is 0.493 e. The lowest BCUT2D eigenvalue weighted by molar-refractivity contribution is -0.109. The molecule has 0 spiro atoms. The maximum Gasteiger partial charge on any atom is 0.424 e. The van der Waals surface area contributed by atoms with Gasteiger partial charge in [-0.25, -0.2) is 19.8 Å². The van der Waals surface area contributed by atoms with Crippen LogP contribution >= 0.6 is 11.3 Å². The zero-order chi connectivity index (χ0) is 25.8. The number of thiazole rings is 1. The summed E-state index contributed by atoms with van der Waals surface area (Å²) in [6, 6.07) is 12.9. The van der Waals surface area contributed by atoms with Crippen LogP contribution in [0.2, 0.25) is 0 Å². The van der Waals surface area contributed by atoms with Crippen molar-refractivity contribution in [1.82, 2.24) is 15.0 Å². The molecule has 0 saturated carbocycles. The summed E-state index contributed by atoms with van der Waals surface area (Å²) in [6.45, 7) is 6.69. The number of aryl methyl sites for hydroxylation is 2. The Bertz CT molecular complexity index is 1260. The van der Waals surface area contributed by atoms with Crippen LogP contribution in [-0.2, 0) is 11.3 Å². The van der Waals surface area contributed by atoms with Crippen LogP contribution in [0.3, 0.4) is 0 Å². The number of cyclic esters (lactones) is 1. The molecule has 2 amide bonds. The molecule has 1 aliphatic heterocycles. The molecule has 1 atom stereocenters. The number of ether oxygens (including phenoxy) is 3. The van der Waals surface area contributed by atoms with Gasteiger partial charge in [0.25, 0.3) is 5.91 Å². The van der Waals surface area contributed by atoms with Crippen molar-refractivity contribution in [1.29, 1.82) is 0 Å². The Hall–Kier alpha value is -3.63. The van der Waals surface area contributed by atoms with Crippen LogP contribution < -0.4 is 14.8 Å². The fraction of sp³-hybridized carbons (Fsp3) is 0.346. The Labute approximate surface area is 214 Å². The fourth-order valence-electron chi connectivity index (χ4n) is 4.32. The molecule has 0 radical (unpaired) electrons. The first kappa shape index (κ1) is 25.5. The van der Waals surface area contributed by atoms with Gasteiger partial charge in [0.1, 0.15) is 11.5 Å². The monoisotopic (exact) mass is 510 g/mol. The van der Waals surface area contributed by atoms with Crippen molar-refractivity contribution in [3.8, 4) is 11.5 Å². The highest BCUT2D eigenvalue weighted by atomic mass is 32.1. The highest BCUT2D eigenvalue weighted by molar-refractivity contribution is 7.13. The second-order valence-electron chi connectivity index (χ2n) is 8.28. The third kappa shape index (κ3) is 5.14. The minimum Gasteiger partial charge on any atom is -0.493 e. The average molecular weight is 511 g/mol. The van der Waals surface area contributed by atoms with Crippen molar-refractivity contribution in [2.45, 2.75) is 33.4 Å². The van der Waals surface area contributed by atoms with Gasteiger partial charge in [-0.3, -0.25) is 4.79 Å². The van der Waals surface area contributed by atoms with E-state index in [1.165, 1.54) is 11.3 Å². The number of nitrogens with one attached hydrogen (secondary N) is 1. The molecule has 190 valence electrons. The molecule has 1 unspecified atom stereocenters. The van der Waals surface area contributed by atoms with E-state index in [2.05, 4.69) is 10.3 Å². The number of nitrogens with zero attached hydrogens (tertiary/aromatic N) is 3. The smallest absolute Gasteiger partial charge is 0.424 e. The van der Waals surface area contributed by atoms with E-state index in [0.29, 0.717) is 34.3 Å². The number of methoxy groups -OCH3 is 2. The first-order valence-corrected chi connectivity index (χ1v) is 12.4. The summed E-state index contributed by atoms with van der Waals surface area (Å²) in [5.74, 6) is 1.02. The van der Waals surface area contributed by atoms with Gasteiger partial charge < -0.3 is 19.5 Å². The molecule has 1 N–H and O–H groups in total. The molecule has 2 heterocycles. The average Bonchev–Trinajstić information content (AvgIpc) is 3.23. The SMILES string of the molecule is CCN1C(c2ccc(OC)c(OC)c2)COC(=O)N1Cc1ccccc1NC(=O)c1sc(C)nc1C. The number of hydrogen-bond donors (Lipinski definition) is 1. The minimum absolute atomic E-state index is 0.209. The molecule has 1 fully saturated rings. The molecular formula is C26H30N4O5S. The molecule has 1 aliphatic rings. The predicted octanol–water partition coefficient (Wildman–Crippen LogP) is 4.96. The summed E-state index contributed by atoms with van der Waals surface area (Å²) < 4.78 is 16.4. The Morgan fingerprint density at radius 1 is 1.17 bits per heavy atom. The highest BCUT2D eigenvalue weighted by Gasteiger charge is 2.36. The highest BCUT2D eigenvalue weighted by Crippen LogP contribution is 2.35. The number of amides is 2. The van der Waals surface area contributed by atoms with Gasteiger partial charge in [-0.1, -0.05) is 31.2 Å². The van der Waals surface area contributed by atoms with Crippen molar-refractivity contribution in [2.75, 3.05) is 32.7 Å². The molecule has 1 saturated heterocycles. The maximum atomic E-state index is 12.9. The third-order valence-corrected chi connectivity index (χ3v) is 7.13. The van der Waals surface area contributed by atoms with Crippen LogP contribution in [0.25, 0.3) is 0 Å². The normalized spacial score (nSPS) is 16.0. The second-order valence-corrected chi connectivity index (χ2v) is 9.48. The van der Waals surface area contributed by atoms with E-state index < -0.39 is 6.09 Å². The molecule has 3 aromatic rings. The van der Waals surface area contributed by atoms with E-state index in [0.717, 1.165) is 16.1 Å². The number of carbonyl (C=O) groups is 2. The van der Waals surface area contributed by atoms with Crippen molar-refractivity contribution in [3.05, 3.63) is 69.2 Å². The number of carbonyl (C=O) groups excluding carboxylic acids is 2. The molecule has 0 aliphatic carbocycles. The van der Waals surface area contributed by atoms with Crippen molar-refractivity contribution >= 4 is 29.0 Å². The van der Waals surface area contributed by atoms with E-state index in [9.17, 15) is 9.59 Å². The number of para-hydroxylation sites is 1. The summed E-state index contributed by atoms with van der Waals surface area (Å²) in [7, 11) is 3.18. The van der Waals surface area contributed by atoms with Crippen molar-refractivity contribution in [3.63, 3.8) is 0 Å². The number of likely N-dealkylation sites (N-methyl/N-ethyl adjacent to an activating group) is 1. The van der Waals surface area contributed by atoms with Gasteiger partial charge >= 0.3 is 6.09 Å². The maximum absolute atomic E-state index is 12.9. The second kappa shape index (κ2) is 11.0. The van der Waals surface area contributed by atoms with Crippen LogP contribution in [0.1, 0.15) is 44.5 Å². The topological polar surface area (TPSA) is 93.2 Å². The summed E-state index contributed by atoms with van der Waals surface area (Å²) in [6.07, 6.45) is -0.441. The first-order chi connectivity index (χ1) is 17.4. The summed E-state index contributed by atoms with van der Waals surface area (Å²) in [4.78, 5) is 30.8. The zero-order valence-electron chi connectivity index (χ0n) is 21.0. The van der Waals surface area contributed by atoms with E-state index >= 15 is 0 Å². The summed E-state index contributed by atoms with van der Waals surface area (Å²) >= 11 is 1.36. The molecule has 4 rings (SSSR count). The fourth-order valence-corrected chi connectivity index (χ4v) is 5.14. The summed E-state index contributed by atoms with van der Waals surface area (Å²) in [5, 5.41) is 7.38. The number of hydrazine groups is 1. The minimum atomic E-state index is -0.441. The van der Waals surface area contributed by atoms with E-state index in [1.807, 2.05) is 68.2 Å². The van der Waals surface area contributed by atoms with Gasteiger partial charge in [0.15, 0.2) is 11.5 Å². The molecule has 1 aromatic heterocycles. The van der Waals surface area contributed by atoms with E-state index in [1.54, 1.807) is 19.2 Å². The molecule has 10 heteroatoms. The predicted molar refractivity (Wildman–Crippen MR) is 138 cm³/mol. The third-order valence-electron chi connectivity index (χ3n) is 6.06. The van der Waals surface area contributed by atoms with Gasteiger partial charge in [-0.2, -0.15) is 0 Å². The Balaban J connectivity index is 1.59. The zero-order valence-corrected chi connectivity index (χ0v) is 21.8. The number of aromatic nitrogens is 1. The van der Waals surface area contributed by atoms with Crippen LogP contribution in [-0.4, -0.2) is 54.4 Å². The van der Waals surface area contributed by atoms with Crippen molar-refractivity contribution < 1.29 is 23.8 Å². The Morgan fingerprint density at radius 3 is 2.58 bits per heavy atom. The van der Waals surface area contributed by atoms with Crippen LogP contribution in [0.4, 0.5) is 10.5 Å². The van der Waals surface area contributed by atoms with Gasteiger partial charge in [0.2, 0.25) is 0 Å². The lowest BCUT2D eigenvalue weighted by Gasteiger charge is -2.43. The molecule has 2 aromatic carbocycles. The van der Waals surface area contributed by atoms with E-state index in [4.69, 9.17) is 14.2 Å². The molecule has 9 nitrogen and oxygen atoms in total. The number of rotatable bonds is 8. The Kier molecular flexibility index (Phi) is 7.76. The van der Waals surface area contributed by atoms with Gasteiger partial charge in [0.05, 0.1) is 37.5 Å². The molecule has 36 heavy (non-hydrogen) atoms. The number of anilines is 1. The summed E-state index contributed by atoms with van der Waals surface area (Å²) in [5.41, 5.74) is 3.05. The molecular weight excluding hydrogens is 480 g/mol. The Morgan fingerprint density at radius 2 is 1.92 bits per heavy atom. The number of benzene rings is 2. The molecule has 0 bridgehead atoms.